The number of carbonyl (C=O) groups excluding carboxylic acids is 1. The van der Waals surface area contributed by atoms with Gasteiger partial charge in [-0.2, -0.15) is 39.5 Å². The lowest BCUT2D eigenvalue weighted by atomic mass is 10.0. The summed E-state index contributed by atoms with van der Waals surface area (Å²) >= 11 is 0. The fourth-order valence-electron chi connectivity index (χ4n) is 2.20. The molecule has 0 spiro atoms. The van der Waals surface area contributed by atoms with Crippen molar-refractivity contribution in [3.8, 4) is 0 Å². The smallest absolute Gasteiger partial charge is 0.313 e. The van der Waals surface area contributed by atoms with Gasteiger partial charge in [0.25, 0.3) is 0 Å². The lowest BCUT2D eigenvalue weighted by Gasteiger charge is -2.13. The maximum absolute atomic E-state index is 13.1. The third-order valence-corrected chi connectivity index (χ3v) is 3.60. The SMILES string of the molecule is O=C(ON=C(Cc1ccccc1)C(F)(F)F)c1cc(C(F)(F)F)cc(C(F)(F)F)c1. The van der Waals surface area contributed by atoms with Crippen LogP contribution in [0.5, 0.6) is 0 Å². The highest BCUT2D eigenvalue weighted by Gasteiger charge is 2.39. The van der Waals surface area contributed by atoms with Crippen molar-refractivity contribution in [2.45, 2.75) is 24.9 Å². The van der Waals surface area contributed by atoms with E-state index in [1.165, 1.54) is 30.3 Å². The standard InChI is InChI=1S/C18H10F9NO2/c19-16(20,21)12-7-11(8-13(9-12)17(22,23)24)15(29)30-28-14(18(25,26)27)6-10-4-2-1-3-5-10/h1-5,7-9H,6H2. The van der Waals surface area contributed by atoms with Gasteiger partial charge in [0.2, 0.25) is 0 Å². The van der Waals surface area contributed by atoms with Crippen LogP contribution in [0.3, 0.4) is 0 Å². The van der Waals surface area contributed by atoms with Crippen molar-refractivity contribution < 1.29 is 49.1 Å². The van der Waals surface area contributed by atoms with Crippen LogP contribution in [-0.4, -0.2) is 17.9 Å². The molecule has 2 aromatic rings. The Labute approximate surface area is 162 Å². The highest BCUT2D eigenvalue weighted by atomic mass is 19.4. The first-order valence-electron chi connectivity index (χ1n) is 7.87. The molecule has 0 aromatic heterocycles. The van der Waals surface area contributed by atoms with Gasteiger partial charge in [-0.3, -0.25) is 0 Å². The summed E-state index contributed by atoms with van der Waals surface area (Å²) in [7, 11) is 0. The van der Waals surface area contributed by atoms with Crippen molar-refractivity contribution in [3.05, 3.63) is 70.8 Å². The second-order valence-electron chi connectivity index (χ2n) is 5.87. The highest BCUT2D eigenvalue weighted by molar-refractivity contribution is 5.94. The van der Waals surface area contributed by atoms with E-state index < -0.39 is 53.3 Å². The van der Waals surface area contributed by atoms with Crippen molar-refractivity contribution in [2.24, 2.45) is 5.16 Å². The van der Waals surface area contributed by atoms with Crippen LogP contribution in [0.25, 0.3) is 0 Å². The van der Waals surface area contributed by atoms with Crippen LogP contribution in [-0.2, 0) is 23.6 Å². The molecule has 0 N–H and O–H groups in total. The summed E-state index contributed by atoms with van der Waals surface area (Å²) in [5, 5.41) is 2.63. The normalized spacial score (nSPS) is 13.3. The van der Waals surface area contributed by atoms with E-state index in [1.54, 1.807) is 0 Å². The lowest BCUT2D eigenvalue weighted by Crippen LogP contribution is -2.26. The summed E-state index contributed by atoms with van der Waals surface area (Å²) in [6.45, 7) is 0. The molecule has 0 heterocycles. The number of carbonyl (C=O) groups is 1. The Balaban J connectivity index is 2.37. The highest BCUT2D eigenvalue weighted by Crippen LogP contribution is 2.36. The second-order valence-corrected chi connectivity index (χ2v) is 5.87. The molecular weight excluding hydrogens is 433 g/mol. The van der Waals surface area contributed by atoms with Gasteiger partial charge in [0.05, 0.1) is 16.7 Å². The van der Waals surface area contributed by atoms with E-state index >= 15 is 0 Å². The van der Waals surface area contributed by atoms with E-state index in [1.807, 2.05) is 0 Å². The first kappa shape index (κ1) is 23.2. The number of oxime groups is 1. The van der Waals surface area contributed by atoms with Gasteiger partial charge in [-0.25, -0.2) is 4.79 Å². The minimum Gasteiger partial charge on any atom is -0.313 e. The Morgan fingerprint density at radius 3 is 1.73 bits per heavy atom. The summed E-state index contributed by atoms with van der Waals surface area (Å²) in [5.41, 5.74) is -6.39. The molecule has 162 valence electrons. The quantitative estimate of drug-likeness (QED) is 0.250. The third-order valence-electron chi connectivity index (χ3n) is 3.60. The Morgan fingerprint density at radius 1 is 0.800 bits per heavy atom. The molecule has 0 unspecified atom stereocenters. The average molecular weight is 443 g/mol. The molecule has 0 atom stereocenters. The van der Waals surface area contributed by atoms with Crippen molar-refractivity contribution in [2.75, 3.05) is 0 Å². The largest absolute Gasteiger partial charge is 0.433 e. The van der Waals surface area contributed by atoms with Crippen LogP contribution in [0, 0.1) is 0 Å². The first-order valence-corrected chi connectivity index (χ1v) is 7.87. The second kappa shape index (κ2) is 8.36. The van der Waals surface area contributed by atoms with E-state index in [-0.39, 0.29) is 23.8 Å². The number of nitrogens with zero attached hydrogens (tertiary/aromatic N) is 1. The molecule has 30 heavy (non-hydrogen) atoms. The number of benzene rings is 2. The van der Waals surface area contributed by atoms with E-state index in [0.717, 1.165) is 0 Å². The molecule has 3 nitrogen and oxygen atoms in total. The number of halogens is 9. The molecule has 12 heteroatoms. The number of hydrogen-bond donors (Lipinski definition) is 0. The van der Waals surface area contributed by atoms with Crippen molar-refractivity contribution in [1.29, 1.82) is 0 Å². The summed E-state index contributed by atoms with van der Waals surface area (Å²) < 4.78 is 116. The van der Waals surface area contributed by atoms with Crippen molar-refractivity contribution in [1.82, 2.24) is 0 Å². The molecule has 0 radical (unpaired) electrons. The summed E-state index contributed by atoms with van der Waals surface area (Å²) in [4.78, 5) is 15.9. The molecule has 0 aliphatic rings. The zero-order valence-electron chi connectivity index (χ0n) is 14.5. The third kappa shape index (κ3) is 6.22. The summed E-state index contributed by atoms with van der Waals surface area (Å²) in [6, 6.07) is 6.82. The van der Waals surface area contributed by atoms with Gasteiger partial charge in [0.15, 0.2) is 5.71 Å². The van der Waals surface area contributed by atoms with Gasteiger partial charge in [-0.15, -0.1) is 0 Å². The van der Waals surface area contributed by atoms with Gasteiger partial charge in [0.1, 0.15) is 0 Å². The minimum absolute atomic E-state index is 0.0253. The molecule has 0 aliphatic carbocycles. The fourth-order valence-corrected chi connectivity index (χ4v) is 2.20. The molecule has 0 amide bonds. The summed E-state index contributed by atoms with van der Waals surface area (Å²) in [5.74, 6) is -1.92. The Morgan fingerprint density at radius 2 is 1.30 bits per heavy atom. The zero-order chi connectivity index (χ0) is 22.7. The van der Waals surface area contributed by atoms with E-state index in [4.69, 9.17) is 0 Å². The van der Waals surface area contributed by atoms with Crippen molar-refractivity contribution in [3.63, 3.8) is 0 Å². The molecule has 0 fully saturated rings. The molecule has 0 saturated heterocycles. The van der Waals surface area contributed by atoms with Gasteiger partial charge in [0, 0.05) is 6.42 Å². The molecule has 0 aliphatic heterocycles. The van der Waals surface area contributed by atoms with Crippen molar-refractivity contribution >= 4 is 11.7 Å². The predicted molar refractivity (Wildman–Crippen MR) is 85.5 cm³/mol. The molecule has 0 saturated carbocycles. The lowest BCUT2D eigenvalue weighted by molar-refractivity contribution is -0.143. The van der Waals surface area contributed by atoms with Crippen LogP contribution in [0.1, 0.15) is 27.0 Å². The Kier molecular flexibility index (Phi) is 6.48. The van der Waals surface area contributed by atoms with Crippen LogP contribution >= 0.6 is 0 Å². The Bertz CT molecular complexity index is 897. The summed E-state index contributed by atoms with van der Waals surface area (Å²) in [6.07, 6.45) is -16.4. The van der Waals surface area contributed by atoms with E-state index in [9.17, 15) is 44.3 Å². The number of alkyl halides is 9. The maximum atomic E-state index is 13.1. The van der Waals surface area contributed by atoms with Gasteiger partial charge in [-0.1, -0.05) is 35.5 Å². The van der Waals surface area contributed by atoms with E-state index in [2.05, 4.69) is 9.99 Å². The number of hydrogen-bond acceptors (Lipinski definition) is 3. The average Bonchev–Trinajstić information content (AvgIpc) is 2.63. The predicted octanol–water partition coefficient (Wildman–Crippen LogP) is 6.04. The van der Waals surface area contributed by atoms with E-state index in [0.29, 0.717) is 0 Å². The maximum Gasteiger partial charge on any atom is 0.433 e. The van der Waals surface area contributed by atoms with Gasteiger partial charge >= 0.3 is 24.5 Å². The van der Waals surface area contributed by atoms with Crippen LogP contribution in [0.2, 0.25) is 0 Å². The minimum atomic E-state index is -5.25. The monoisotopic (exact) mass is 443 g/mol. The Hall–Kier alpha value is -3.05. The fraction of sp³-hybridized carbons (Fsp3) is 0.222. The van der Waals surface area contributed by atoms with Gasteiger partial charge < -0.3 is 4.84 Å². The molecular formula is C18H10F9NO2. The van der Waals surface area contributed by atoms with Crippen LogP contribution in [0.15, 0.2) is 53.7 Å². The molecule has 2 rings (SSSR count). The first-order chi connectivity index (χ1) is 13.7. The van der Waals surface area contributed by atoms with Crippen LogP contribution < -0.4 is 0 Å². The molecule has 0 bridgehead atoms. The van der Waals surface area contributed by atoms with Gasteiger partial charge in [-0.05, 0) is 23.8 Å². The topological polar surface area (TPSA) is 38.7 Å². The van der Waals surface area contributed by atoms with Crippen LogP contribution in [0.4, 0.5) is 39.5 Å². The zero-order valence-corrected chi connectivity index (χ0v) is 14.5. The molecule has 2 aromatic carbocycles. The number of rotatable bonds is 4.